The first kappa shape index (κ1) is 16.8. The topological polar surface area (TPSA) is 91.7 Å². The number of nitrogens with zero attached hydrogens (tertiary/aromatic N) is 1. The van der Waals surface area contributed by atoms with E-state index in [1.165, 1.54) is 0 Å². The van der Waals surface area contributed by atoms with Crippen molar-refractivity contribution in [1.82, 2.24) is 14.9 Å². The summed E-state index contributed by atoms with van der Waals surface area (Å²) in [7, 11) is -3.26. The Kier molecular flexibility index (Phi) is 5.12. The minimum absolute atomic E-state index is 0.207. The van der Waals surface area contributed by atoms with E-state index in [1.807, 2.05) is 26.0 Å². The zero-order valence-corrected chi connectivity index (χ0v) is 13.9. The first-order chi connectivity index (χ1) is 10.2. The highest BCUT2D eigenvalue weighted by Gasteiger charge is 2.26. The van der Waals surface area contributed by atoms with Gasteiger partial charge in [0.05, 0.1) is 12.3 Å². The van der Waals surface area contributed by atoms with Crippen molar-refractivity contribution in [2.24, 2.45) is 0 Å². The molecule has 0 bridgehead atoms. The molecule has 0 aromatic carbocycles. The van der Waals surface area contributed by atoms with Crippen LogP contribution in [-0.2, 0) is 10.0 Å². The van der Waals surface area contributed by atoms with Gasteiger partial charge in [-0.05, 0) is 38.8 Å². The quantitative estimate of drug-likeness (QED) is 0.873. The summed E-state index contributed by atoms with van der Waals surface area (Å²) in [5, 5.41) is 2.88. The van der Waals surface area contributed by atoms with Gasteiger partial charge in [-0.15, -0.1) is 0 Å². The molecule has 7 nitrogen and oxygen atoms in total. The van der Waals surface area contributed by atoms with E-state index >= 15 is 0 Å². The number of piperidine rings is 1. The maximum atomic E-state index is 12.3. The van der Waals surface area contributed by atoms with Gasteiger partial charge in [0.15, 0.2) is 0 Å². The van der Waals surface area contributed by atoms with Crippen LogP contribution in [0.1, 0.15) is 37.3 Å². The van der Waals surface area contributed by atoms with Gasteiger partial charge in [0.25, 0.3) is 0 Å². The molecule has 0 spiro atoms. The Balaban J connectivity index is 1.91. The first-order valence-corrected chi connectivity index (χ1v) is 9.23. The molecular formula is C14H23N3O4S. The Labute approximate surface area is 131 Å². The molecular weight excluding hydrogens is 306 g/mol. The largest absolute Gasteiger partial charge is 0.464 e. The number of rotatable bonds is 4. The second kappa shape index (κ2) is 6.70. The molecule has 1 fully saturated rings. The maximum absolute atomic E-state index is 12.3. The fraction of sp³-hybridized carbons (Fsp3) is 0.643. The third-order valence-corrected chi connectivity index (χ3v) is 4.38. The molecule has 1 aliphatic heterocycles. The number of sulfonamides is 1. The molecule has 2 heterocycles. The van der Waals surface area contributed by atoms with Gasteiger partial charge < -0.3 is 14.6 Å². The van der Waals surface area contributed by atoms with Crippen molar-refractivity contribution in [3.63, 3.8) is 0 Å². The number of aryl methyl sites for hydroxylation is 1. The van der Waals surface area contributed by atoms with E-state index in [9.17, 15) is 13.2 Å². The highest BCUT2D eigenvalue weighted by atomic mass is 32.2. The van der Waals surface area contributed by atoms with Gasteiger partial charge in [-0.2, -0.15) is 0 Å². The number of carbonyl (C=O) groups excluding carboxylic acids is 1. The molecule has 1 aliphatic rings. The van der Waals surface area contributed by atoms with Crippen molar-refractivity contribution in [1.29, 1.82) is 0 Å². The Bertz CT molecular complexity index is 626. The Morgan fingerprint density at radius 1 is 1.45 bits per heavy atom. The number of hydrogen-bond donors (Lipinski definition) is 2. The molecule has 8 heteroatoms. The lowest BCUT2D eigenvalue weighted by molar-refractivity contribution is 0.173. The van der Waals surface area contributed by atoms with Crippen molar-refractivity contribution in [3.8, 4) is 0 Å². The SMILES string of the molecule is Cc1ccc(C(C)NC(=O)N2CCCC(NS(C)(=O)=O)C2)o1. The Hall–Kier alpha value is -1.54. The molecule has 124 valence electrons. The normalized spacial score (nSPS) is 20.7. The predicted octanol–water partition coefficient (Wildman–Crippen LogP) is 1.37. The van der Waals surface area contributed by atoms with Crippen molar-refractivity contribution in [2.75, 3.05) is 19.3 Å². The highest BCUT2D eigenvalue weighted by molar-refractivity contribution is 7.88. The van der Waals surface area contributed by atoms with E-state index in [1.54, 1.807) is 4.90 Å². The number of amides is 2. The second-order valence-corrected chi connectivity index (χ2v) is 7.57. The molecule has 0 aliphatic carbocycles. The van der Waals surface area contributed by atoms with Crippen LogP contribution in [0.2, 0.25) is 0 Å². The molecule has 0 saturated carbocycles. The van der Waals surface area contributed by atoms with Crippen molar-refractivity contribution in [3.05, 3.63) is 23.7 Å². The molecule has 2 amide bonds. The van der Waals surface area contributed by atoms with Gasteiger partial charge in [0, 0.05) is 19.1 Å². The van der Waals surface area contributed by atoms with Gasteiger partial charge in [-0.3, -0.25) is 0 Å². The monoisotopic (exact) mass is 329 g/mol. The second-order valence-electron chi connectivity index (χ2n) is 5.79. The predicted molar refractivity (Wildman–Crippen MR) is 83.0 cm³/mol. The molecule has 2 atom stereocenters. The summed E-state index contributed by atoms with van der Waals surface area (Å²) in [4.78, 5) is 13.9. The van der Waals surface area contributed by atoms with Crippen LogP contribution in [0.3, 0.4) is 0 Å². The summed E-state index contributed by atoms with van der Waals surface area (Å²) in [5.74, 6) is 1.50. The minimum atomic E-state index is -3.26. The van der Waals surface area contributed by atoms with Gasteiger partial charge in [-0.1, -0.05) is 0 Å². The van der Waals surface area contributed by atoms with Crippen molar-refractivity contribution >= 4 is 16.1 Å². The summed E-state index contributed by atoms with van der Waals surface area (Å²) >= 11 is 0. The van der Waals surface area contributed by atoms with E-state index in [4.69, 9.17) is 4.42 Å². The molecule has 1 aromatic rings. The van der Waals surface area contributed by atoms with Gasteiger partial charge >= 0.3 is 6.03 Å². The van der Waals surface area contributed by atoms with Crippen LogP contribution < -0.4 is 10.0 Å². The number of carbonyl (C=O) groups is 1. The third kappa shape index (κ3) is 4.74. The molecule has 1 aromatic heterocycles. The minimum Gasteiger partial charge on any atom is -0.464 e. The van der Waals surface area contributed by atoms with Crippen LogP contribution in [0.25, 0.3) is 0 Å². The summed E-state index contributed by atoms with van der Waals surface area (Å²) < 4.78 is 30.7. The van der Waals surface area contributed by atoms with Gasteiger partial charge in [-0.25, -0.2) is 17.9 Å². The summed E-state index contributed by atoms with van der Waals surface area (Å²) in [6.07, 6.45) is 2.64. The first-order valence-electron chi connectivity index (χ1n) is 7.33. The number of likely N-dealkylation sites (tertiary alicyclic amines) is 1. The lowest BCUT2D eigenvalue weighted by Crippen LogP contribution is -2.52. The molecule has 2 rings (SSSR count). The average Bonchev–Trinajstić information content (AvgIpc) is 2.84. The fourth-order valence-corrected chi connectivity index (χ4v) is 3.39. The van der Waals surface area contributed by atoms with Crippen LogP contribution in [-0.4, -0.2) is 44.7 Å². The Morgan fingerprint density at radius 2 is 2.18 bits per heavy atom. The van der Waals surface area contributed by atoms with Crippen LogP contribution in [0.15, 0.2) is 16.5 Å². The number of furan rings is 1. The molecule has 0 radical (unpaired) electrons. The number of hydrogen-bond acceptors (Lipinski definition) is 4. The van der Waals surface area contributed by atoms with Crippen LogP contribution in [0.4, 0.5) is 4.79 Å². The fourth-order valence-electron chi connectivity index (χ4n) is 2.59. The molecule has 22 heavy (non-hydrogen) atoms. The van der Waals surface area contributed by atoms with Crippen LogP contribution in [0, 0.1) is 6.92 Å². The summed E-state index contributed by atoms with van der Waals surface area (Å²) in [6, 6.07) is 3.02. The van der Waals surface area contributed by atoms with Gasteiger partial charge in [0.1, 0.15) is 11.5 Å². The van der Waals surface area contributed by atoms with Gasteiger partial charge in [0.2, 0.25) is 10.0 Å². The number of urea groups is 1. The van der Waals surface area contributed by atoms with Crippen LogP contribution >= 0.6 is 0 Å². The van der Waals surface area contributed by atoms with E-state index in [0.717, 1.165) is 24.9 Å². The molecule has 1 saturated heterocycles. The van der Waals surface area contributed by atoms with E-state index < -0.39 is 10.0 Å². The van der Waals surface area contributed by atoms with E-state index in [-0.39, 0.29) is 18.1 Å². The average molecular weight is 329 g/mol. The Morgan fingerprint density at radius 3 is 2.77 bits per heavy atom. The smallest absolute Gasteiger partial charge is 0.318 e. The third-order valence-electron chi connectivity index (χ3n) is 3.62. The summed E-state index contributed by atoms with van der Waals surface area (Å²) in [5.41, 5.74) is 0. The van der Waals surface area contributed by atoms with E-state index in [0.29, 0.717) is 18.8 Å². The highest BCUT2D eigenvalue weighted by Crippen LogP contribution is 2.17. The zero-order chi connectivity index (χ0) is 16.3. The lowest BCUT2D eigenvalue weighted by atomic mass is 10.1. The van der Waals surface area contributed by atoms with Crippen LogP contribution in [0.5, 0.6) is 0 Å². The van der Waals surface area contributed by atoms with E-state index in [2.05, 4.69) is 10.0 Å². The maximum Gasteiger partial charge on any atom is 0.318 e. The number of nitrogens with one attached hydrogen (secondary N) is 2. The standard InChI is InChI=1S/C14H23N3O4S/c1-10-6-7-13(21-10)11(2)15-14(18)17-8-4-5-12(9-17)16-22(3,19)20/h6-7,11-12,16H,4-5,8-9H2,1-3H3,(H,15,18). The molecule has 2 N–H and O–H groups in total. The molecule has 2 unspecified atom stereocenters. The lowest BCUT2D eigenvalue weighted by Gasteiger charge is -2.33. The van der Waals surface area contributed by atoms with Crippen molar-refractivity contribution in [2.45, 2.75) is 38.8 Å². The summed E-state index contributed by atoms with van der Waals surface area (Å²) in [6.45, 7) is 4.71. The zero-order valence-electron chi connectivity index (χ0n) is 13.1. The van der Waals surface area contributed by atoms with Crippen molar-refractivity contribution < 1.29 is 17.6 Å².